The van der Waals surface area contributed by atoms with Gasteiger partial charge in [0.25, 0.3) is 0 Å². The summed E-state index contributed by atoms with van der Waals surface area (Å²) in [4.78, 5) is 27.9. The molecule has 0 saturated carbocycles. The Labute approximate surface area is 181 Å². The lowest BCUT2D eigenvalue weighted by Crippen LogP contribution is -2.70. The SMILES string of the molecule is CCS(=O)(=O)N1CC(=O)N(c2ccccc2C)[C@](C)(C(=O)NCc2ccc(F)cc2)C1. The number of piperazine rings is 1. The first kappa shape index (κ1) is 22.9. The summed E-state index contributed by atoms with van der Waals surface area (Å²) < 4.78 is 39.3. The van der Waals surface area contributed by atoms with E-state index in [-0.39, 0.29) is 31.2 Å². The van der Waals surface area contributed by atoms with Crippen molar-refractivity contribution in [1.82, 2.24) is 9.62 Å². The van der Waals surface area contributed by atoms with Crippen LogP contribution in [0.3, 0.4) is 0 Å². The summed E-state index contributed by atoms with van der Waals surface area (Å²) in [7, 11) is -3.68. The molecule has 7 nitrogen and oxygen atoms in total. The fourth-order valence-electron chi connectivity index (χ4n) is 3.71. The Morgan fingerprint density at radius 2 is 1.81 bits per heavy atom. The number of hydrogen-bond donors (Lipinski definition) is 1. The predicted octanol–water partition coefficient (Wildman–Crippen LogP) is 2.21. The number of hydrogen-bond acceptors (Lipinski definition) is 4. The van der Waals surface area contributed by atoms with E-state index in [1.54, 1.807) is 31.2 Å². The van der Waals surface area contributed by atoms with Gasteiger partial charge in [-0.05, 0) is 50.1 Å². The number of carbonyl (C=O) groups is 2. The summed E-state index contributed by atoms with van der Waals surface area (Å²) in [5, 5.41) is 2.78. The number of benzene rings is 2. The molecule has 0 bridgehead atoms. The molecule has 2 aromatic rings. The van der Waals surface area contributed by atoms with E-state index in [0.29, 0.717) is 11.3 Å². The first-order valence-electron chi connectivity index (χ1n) is 9.98. The highest BCUT2D eigenvalue weighted by Gasteiger charge is 2.50. The molecule has 0 spiro atoms. The number of rotatable bonds is 6. The van der Waals surface area contributed by atoms with Gasteiger partial charge in [0.2, 0.25) is 21.8 Å². The Balaban J connectivity index is 1.97. The topological polar surface area (TPSA) is 86.8 Å². The van der Waals surface area contributed by atoms with E-state index in [1.807, 2.05) is 19.1 Å². The third kappa shape index (κ3) is 4.62. The number of sulfonamides is 1. The number of nitrogens with zero attached hydrogens (tertiary/aromatic N) is 2. The zero-order chi connectivity index (χ0) is 22.8. The second-order valence-electron chi connectivity index (χ2n) is 7.77. The van der Waals surface area contributed by atoms with Crippen LogP contribution in [0, 0.1) is 12.7 Å². The highest BCUT2D eigenvalue weighted by molar-refractivity contribution is 7.89. The molecule has 1 aliphatic heterocycles. The van der Waals surface area contributed by atoms with Crippen molar-refractivity contribution in [2.75, 3.05) is 23.7 Å². The fourth-order valence-corrected chi connectivity index (χ4v) is 4.83. The zero-order valence-electron chi connectivity index (χ0n) is 17.8. The largest absolute Gasteiger partial charge is 0.350 e. The first-order chi connectivity index (χ1) is 14.6. The maximum absolute atomic E-state index is 13.4. The maximum atomic E-state index is 13.4. The average molecular weight is 448 g/mol. The van der Waals surface area contributed by atoms with Gasteiger partial charge in [-0.2, -0.15) is 4.31 Å². The number of halogens is 1. The molecule has 166 valence electrons. The number of para-hydroxylation sites is 1. The molecule has 1 fully saturated rings. The van der Waals surface area contributed by atoms with Crippen LogP contribution in [0.15, 0.2) is 48.5 Å². The predicted molar refractivity (Wildman–Crippen MR) is 116 cm³/mol. The normalized spacial score (nSPS) is 20.0. The summed E-state index contributed by atoms with van der Waals surface area (Å²) >= 11 is 0. The molecule has 1 saturated heterocycles. The van der Waals surface area contributed by atoms with Gasteiger partial charge in [0.15, 0.2) is 0 Å². The smallest absolute Gasteiger partial charge is 0.247 e. The van der Waals surface area contributed by atoms with Gasteiger partial charge >= 0.3 is 0 Å². The van der Waals surface area contributed by atoms with Crippen LogP contribution in [0.4, 0.5) is 10.1 Å². The molecule has 9 heteroatoms. The van der Waals surface area contributed by atoms with E-state index in [1.165, 1.54) is 24.0 Å². The van der Waals surface area contributed by atoms with Crippen molar-refractivity contribution in [2.45, 2.75) is 32.9 Å². The number of anilines is 1. The van der Waals surface area contributed by atoms with Crippen LogP contribution in [-0.4, -0.2) is 48.9 Å². The molecule has 0 unspecified atom stereocenters. The molecular weight excluding hydrogens is 421 g/mol. The minimum atomic E-state index is -3.68. The lowest BCUT2D eigenvalue weighted by molar-refractivity contribution is -0.133. The van der Waals surface area contributed by atoms with Crippen molar-refractivity contribution in [3.8, 4) is 0 Å². The van der Waals surface area contributed by atoms with Crippen molar-refractivity contribution >= 4 is 27.5 Å². The first-order valence-corrected chi connectivity index (χ1v) is 11.6. The lowest BCUT2D eigenvalue weighted by Gasteiger charge is -2.47. The highest BCUT2D eigenvalue weighted by atomic mass is 32.2. The van der Waals surface area contributed by atoms with Gasteiger partial charge in [0.05, 0.1) is 12.3 Å². The van der Waals surface area contributed by atoms with Crippen molar-refractivity contribution in [3.63, 3.8) is 0 Å². The van der Waals surface area contributed by atoms with Crippen LogP contribution in [0.5, 0.6) is 0 Å². The van der Waals surface area contributed by atoms with Crippen molar-refractivity contribution < 1.29 is 22.4 Å². The zero-order valence-corrected chi connectivity index (χ0v) is 18.6. The standard InChI is InChI=1S/C22H26FN3O4S/c1-4-31(29,30)25-14-20(27)26(19-8-6-5-7-16(19)2)22(3,15-25)21(28)24-13-17-9-11-18(23)12-10-17/h5-12H,4,13-15H2,1-3H3,(H,24,28)/t22-/m0/s1. The molecule has 31 heavy (non-hydrogen) atoms. The third-order valence-corrected chi connectivity index (χ3v) is 7.28. The molecular formula is C22H26FN3O4S. The van der Waals surface area contributed by atoms with Gasteiger partial charge in [0.1, 0.15) is 11.4 Å². The number of carbonyl (C=O) groups excluding carboxylic acids is 2. The Morgan fingerprint density at radius 3 is 2.42 bits per heavy atom. The Hall–Kier alpha value is -2.78. The quantitative estimate of drug-likeness (QED) is 0.736. The Morgan fingerprint density at radius 1 is 1.16 bits per heavy atom. The van der Waals surface area contributed by atoms with Crippen molar-refractivity contribution in [1.29, 1.82) is 0 Å². The summed E-state index contributed by atoms with van der Waals surface area (Å²) in [6, 6.07) is 12.9. The van der Waals surface area contributed by atoms with Gasteiger partial charge in [-0.3, -0.25) is 14.5 Å². The van der Waals surface area contributed by atoms with E-state index in [9.17, 15) is 22.4 Å². The molecule has 0 aromatic heterocycles. The van der Waals surface area contributed by atoms with Crippen LogP contribution in [0.2, 0.25) is 0 Å². The fraction of sp³-hybridized carbons (Fsp3) is 0.364. The van der Waals surface area contributed by atoms with E-state index >= 15 is 0 Å². The molecule has 1 N–H and O–H groups in total. The molecule has 1 aliphatic rings. The second kappa shape index (κ2) is 8.76. The van der Waals surface area contributed by atoms with Gasteiger partial charge < -0.3 is 5.32 Å². The molecule has 0 aliphatic carbocycles. The molecule has 1 heterocycles. The number of amides is 2. The number of aryl methyl sites for hydroxylation is 1. The lowest BCUT2D eigenvalue weighted by atomic mass is 9.93. The molecule has 1 atom stereocenters. The number of nitrogens with one attached hydrogen (secondary N) is 1. The average Bonchev–Trinajstić information content (AvgIpc) is 2.73. The molecule has 0 radical (unpaired) electrons. The van der Waals surface area contributed by atoms with Gasteiger partial charge in [-0.15, -0.1) is 0 Å². The van der Waals surface area contributed by atoms with E-state index in [0.717, 1.165) is 9.87 Å². The summed E-state index contributed by atoms with van der Waals surface area (Å²) in [5.41, 5.74) is 0.561. The molecule has 3 rings (SSSR count). The maximum Gasteiger partial charge on any atom is 0.247 e. The Bertz CT molecular complexity index is 1090. The molecule has 2 aromatic carbocycles. The van der Waals surface area contributed by atoms with Crippen LogP contribution in [0.1, 0.15) is 25.0 Å². The van der Waals surface area contributed by atoms with E-state index < -0.39 is 27.4 Å². The highest BCUT2D eigenvalue weighted by Crippen LogP contribution is 2.32. The van der Waals surface area contributed by atoms with E-state index in [4.69, 9.17) is 0 Å². The van der Waals surface area contributed by atoms with Crippen molar-refractivity contribution in [3.05, 3.63) is 65.5 Å². The summed E-state index contributed by atoms with van der Waals surface area (Å²) in [5.74, 6) is -1.52. The summed E-state index contributed by atoms with van der Waals surface area (Å²) in [6.07, 6.45) is 0. The van der Waals surface area contributed by atoms with Gasteiger partial charge in [0, 0.05) is 18.8 Å². The second-order valence-corrected chi connectivity index (χ2v) is 10.0. The monoisotopic (exact) mass is 447 g/mol. The third-order valence-electron chi connectivity index (χ3n) is 5.51. The van der Waals surface area contributed by atoms with E-state index in [2.05, 4.69) is 5.32 Å². The van der Waals surface area contributed by atoms with Crippen LogP contribution in [-0.2, 0) is 26.2 Å². The van der Waals surface area contributed by atoms with Gasteiger partial charge in [-0.1, -0.05) is 30.3 Å². The molecule has 2 amide bonds. The minimum absolute atomic E-state index is 0.116. The summed E-state index contributed by atoms with van der Waals surface area (Å²) in [6.45, 7) is 4.51. The van der Waals surface area contributed by atoms with Crippen LogP contribution >= 0.6 is 0 Å². The minimum Gasteiger partial charge on any atom is -0.350 e. The van der Waals surface area contributed by atoms with Crippen molar-refractivity contribution in [2.24, 2.45) is 0 Å². The van der Waals surface area contributed by atoms with Gasteiger partial charge in [-0.25, -0.2) is 12.8 Å². The van der Waals surface area contributed by atoms with Crippen LogP contribution in [0.25, 0.3) is 0 Å². The van der Waals surface area contributed by atoms with Crippen LogP contribution < -0.4 is 10.2 Å². The Kier molecular flexibility index (Phi) is 6.47.